The van der Waals surface area contributed by atoms with Crippen molar-refractivity contribution in [1.29, 1.82) is 0 Å². The maximum atomic E-state index is 4.81. The minimum atomic E-state index is 0.855. The van der Waals surface area contributed by atoms with Gasteiger partial charge in [-0.3, -0.25) is 4.90 Å². The number of thiophene rings is 1. The Morgan fingerprint density at radius 2 is 2.05 bits per heavy atom. The lowest BCUT2D eigenvalue weighted by atomic mass is 10.2. The summed E-state index contributed by atoms with van der Waals surface area (Å²) < 4.78 is 0. The number of fused-ring (bicyclic) bond motifs is 1. The summed E-state index contributed by atoms with van der Waals surface area (Å²) in [6, 6.07) is 0. The highest BCUT2D eigenvalue weighted by Gasteiger charge is 2.24. The van der Waals surface area contributed by atoms with Crippen LogP contribution in [0, 0.1) is 19.8 Å². The molecule has 21 heavy (non-hydrogen) atoms. The second-order valence-electron chi connectivity index (χ2n) is 5.97. The molecule has 0 radical (unpaired) electrons. The van der Waals surface area contributed by atoms with Crippen LogP contribution in [0.1, 0.15) is 36.0 Å². The number of hydrogen-bond acceptors (Lipinski definition) is 5. The number of hydrogen-bond donors (Lipinski definition) is 1. The molecule has 1 aliphatic rings. The number of aromatic nitrogens is 2. The van der Waals surface area contributed by atoms with Crippen molar-refractivity contribution in [2.75, 3.05) is 25.5 Å². The number of anilines is 1. The summed E-state index contributed by atoms with van der Waals surface area (Å²) in [6.07, 6.45) is 2.78. The van der Waals surface area contributed by atoms with Crippen LogP contribution in [-0.2, 0) is 6.54 Å². The van der Waals surface area contributed by atoms with Crippen LogP contribution in [0.3, 0.4) is 0 Å². The molecule has 3 rings (SSSR count). The highest BCUT2D eigenvalue weighted by molar-refractivity contribution is 7.18. The summed E-state index contributed by atoms with van der Waals surface area (Å²) >= 11 is 1.77. The Balaban J connectivity index is 1.91. The van der Waals surface area contributed by atoms with Gasteiger partial charge in [-0.15, -0.1) is 11.3 Å². The van der Waals surface area contributed by atoms with E-state index in [-0.39, 0.29) is 0 Å². The molecule has 1 aliphatic carbocycles. The molecule has 0 saturated heterocycles. The van der Waals surface area contributed by atoms with Crippen molar-refractivity contribution >= 4 is 27.4 Å². The van der Waals surface area contributed by atoms with Gasteiger partial charge < -0.3 is 5.32 Å². The third-order valence-corrected chi connectivity index (χ3v) is 5.44. The molecule has 1 N–H and O–H groups in total. The molecule has 5 heteroatoms. The van der Waals surface area contributed by atoms with Crippen molar-refractivity contribution in [1.82, 2.24) is 14.9 Å². The van der Waals surface area contributed by atoms with Crippen molar-refractivity contribution in [3.63, 3.8) is 0 Å². The maximum Gasteiger partial charge on any atom is 0.146 e. The van der Waals surface area contributed by atoms with Crippen molar-refractivity contribution in [3.05, 3.63) is 16.3 Å². The topological polar surface area (TPSA) is 41.1 Å². The molecule has 1 saturated carbocycles. The van der Waals surface area contributed by atoms with Gasteiger partial charge in [0.2, 0.25) is 0 Å². The monoisotopic (exact) mass is 304 g/mol. The zero-order chi connectivity index (χ0) is 15.0. The first kappa shape index (κ1) is 14.7. The Bertz CT molecular complexity index is 645. The number of aryl methyl sites for hydroxylation is 2. The van der Waals surface area contributed by atoms with E-state index in [2.05, 4.69) is 31.0 Å². The van der Waals surface area contributed by atoms with Gasteiger partial charge in [0.05, 0.1) is 11.9 Å². The fourth-order valence-electron chi connectivity index (χ4n) is 2.72. The Morgan fingerprint density at radius 3 is 2.67 bits per heavy atom. The molecule has 2 aromatic rings. The molecular weight excluding hydrogens is 280 g/mol. The van der Waals surface area contributed by atoms with Gasteiger partial charge in [-0.2, -0.15) is 0 Å². The highest BCUT2D eigenvalue weighted by Crippen LogP contribution is 2.33. The van der Waals surface area contributed by atoms with Gasteiger partial charge >= 0.3 is 0 Å². The first-order valence-electron chi connectivity index (χ1n) is 7.79. The van der Waals surface area contributed by atoms with Crippen LogP contribution < -0.4 is 5.32 Å². The number of nitrogens with one attached hydrogen (secondary N) is 1. The molecule has 2 heterocycles. The molecule has 0 atom stereocenters. The summed E-state index contributed by atoms with van der Waals surface area (Å²) in [6.45, 7) is 9.65. The van der Waals surface area contributed by atoms with Crippen molar-refractivity contribution in [3.8, 4) is 0 Å². The minimum absolute atomic E-state index is 0.855. The molecular formula is C16H24N4S. The van der Waals surface area contributed by atoms with Crippen LogP contribution >= 0.6 is 11.3 Å². The Kier molecular flexibility index (Phi) is 4.13. The third kappa shape index (κ3) is 3.04. The molecule has 2 aromatic heterocycles. The predicted octanol–water partition coefficient (Wildman–Crippen LogP) is 3.58. The second kappa shape index (κ2) is 5.89. The third-order valence-electron chi connectivity index (χ3n) is 4.34. The minimum Gasteiger partial charge on any atom is -0.372 e. The van der Waals surface area contributed by atoms with Gasteiger partial charge in [-0.1, -0.05) is 6.92 Å². The van der Waals surface area contributed by atoms with Gasteiger partial charge in [0.25, 0.3) is 0 Å². The van der Waals surface area contributed by atoms with E-state index < -0.39 is 0 Å². The summed E-state index contributed by atoms with van der Waals surface area (Å²) in [5.74, 6) is 2.82. The molecule has 0 bridgehead atoms. The van der Waals surface area contributed by atoms with Crippen LogP contribution in [0.2, 0.25) is 0 Å². The Hall–Kier alpha value is -1.20. The normalized spacial score (nSPS) is 15.1. The molecule has 0 aliphatic heterocycles. The highest BCUT2D eigenvalue weighted by atomic mass is 32.1. The molecule has 4 nitrogen and oxygen atoms in total. The largest absolute Gasteiger partial charge is 0.372 e. The van der Waals surface area contributed by atoms with Crippen molar-refractivity contribution in [2.24, 2.45) is 5.92 Å². The summed E-state index contributed by atoms with van der Waals surface area (Å²) in [7, 11) is 1.94. The van der Waals surface area contributed by atoms with Crippen LogP contribution in [0.25, 0.3) is 10.2 Å². The van der Waals surface area contributed by atoms with E-state index in [9.17, 15) is 0 Å². The van der Waals surface area contributed by atoms with E-state index >= 15 is 0 Å². The van der Waals surface area contributed by atoms with Gasteiger partial charge in [-0.05, 0) is 44.7 Å². The molecule has 114 valence electrons. The molecule has 0 spiro atoms. The summed E-state index contributed by atoms with van der Waals surface area (Å²) in [5, 5.41) is 4.43. The van der Waals surface area contributed by atoms with Crippen LogP contribution in [-0.4, -0.2) is 35.0 Å². The second-order valence-corrected chi connectivity index (χ2v) is 7.18. The van der Waals surface area contributed by atoms with Crippen molar-refractivity contribution < 1.29 is 0 Å². The SMILES string of the molecule is CCN(Cc1nc(NC)c2c(C)c(C)sc2n1)CC1CC1. The van der Waals surface area contributed by atoms with Gasteiger partial charge in [0.15, 0.2) is 0 Å². The summed E-state index contributed by atoms with van der Waals surface area (Å²) in [4.78, 5) is 14.5. The lowest BCUT2D eigenvalue weighted by Crippen LogP contribution is -2.26. The van der Waals surface area contributed by atoms with E-state index in [0.29, 0.717) is 0 Å². The predicted molar refractivity (Wildman–Crippen MR) is 90.1 cm³/mol. The van der Waals surface area contributed by atoms with E-state index in [4.69, 9.17) is 9.97 Å². The zero-order valence-electron chi connectivity index (χ0n) is 13.4. The van der Waals surface area contributed by atoms with Gasteiger partial charge in [0, 0.05) is 18.5 Å². The van der Waals surface area contributed by atoms with Crippen LogP contribution in [0.4, 0.5) is 5.82 Å². The van der Waals surface area contributed by atoms with E-state index in [1.807, 2.05) is 7.05 Å². The number of nitrogens with zero attached hydrogens (tertiary/aromatic N) is 3. The molecule has 0 aromatic carbocycles. The first-order valence-corrected chi connectivity index (χ1v) is 8.60. The van der Waals surface area contributed by atoms with E-state index in [1.165, 1.54) is 35.2 Å². The average molecular weight is 304 g/mol. The van der Waals surface area contributed by atoms with E-state index in [1.54, 1.807) is 11.3 Å². The lowest BCUT2D eigenvalue weighted by molar-refractivity contribution is 0.262. The zero-order valence-corrected chi connectivity index (χ0v) is 14.2. The van der Waals surface area contributed by atoms with Crippen molar-refractivity contribution in [2.45, 2.75) is 40.2 Å². The average Bonchev–Trinajstić information content (AvgIpc) is 3.24. The first-order chi connectivity index (χ1) is 10.1. The van der Waals surface area contributed by atoms with Gasteiger partial charge in [0.1, 0.15) is 16.5 Å². The van der Waals surface area contributed by atoms with E-state index in [0.717, 1.165) is 35.5 Å². The summed E-state index contributed by atoms with van der Waals surface area (Å²) in [5.41, 5.74) is 1.30. The molecule has 1 fully saturated rings. The Labute approximate surface area is 130 Å². The fourth-order valence-corrected chi connectivity index (χ4v) is 3.76. The van der Waals surface area contributed by atoms with Gasteiger partial charge in [-0.25, -0.2) is 9.97 Å². The lowest BCUT2D eigenvalue weighted by Gasteiger charge is -2.19. The molecule has 0 amide bonds. The van der Waals surface area contributed by atoms with Crippen LogP contribution in [0.5, 0.6) is 0 Å². The smallest absolute Gasteiger partial charge is 0.146 e. The fraction of sp³-hybridized carbons (Fsp3) is 0.625. The number of rotatable bonds is 6. The molecule has 0 unspecified atom stereocenters. The maximum absolute atomic E-state index is 4.81. The Morgan fingerprint density at radius 1 is 1.29 bits per heavy atom. The quantitative estimate of drug-likeness (QED) is 0.885. The standard InChI is InChI=1S/C16H24N4S/c1-5-20(8-12-6-7-12)9-13-18-15(17-4)14-10(2)11(3)21-16(14)19-13/h12H,5-9H2,1-4H3,(H,17,18,19). The van der Waals surface area contributed by atoms with Crippen LogP contribution in [0.15, 0.2) is 0 Å².